The summed E-state index contributed by atoms with van der Waals surface area (Å²) >= 11 is 0. The molecule has 92 valence electrons. The number of rotatable bonds is 3. The summed E-state index contributed by atoms with van der Waals surface area (Å²) in [4.78, 5) is 11.0. The van der Waals surface area contributed by atoms with E-state index in [9.17, 15) is 0 Å². The molecule has 2 aliphatic rings. The molecule has 0 atom stereocenters. The van der Waals surface area contributed by atoms with E-state index in [4.69, 9.17) is 4.74 Å². The Labute approximate surface area is 100 Å². The second-order valence-electron chi connectivity index (χ2n) is 4.34. The summed E-state index contributed by atoms with van der Waals surface area (Å²) in [5, 5.41) is 6.61. The van der Waals surface area contributed by atoms with Crippen LogP contribution in [0.25, 0.3) is 0 Å². The Hall–Kier alpha value is -1.40. The lowest BCUT2D eigenvalue weighted by molar-refractivity contribution is 0.122. The van der Waals surface area contributed by atoms with Crippen molar-refractivity contribution in [2.75, 3.05) is 49.6 Å². The van der Waals surface area contributed by atoms with Crippen LogP contribution in [0.15, 0.2) is 12.3 Å². The van der Waals surface area contributed by atoms with E-state index in [2.05, 4.69) is 25.5 Å². The number of hydrogen-bond acceptors (Lipinski definition) is 6. The summed E-state index contributed by atoms with van der Waals surface area (Å²) < 4.78 is 5.32. The average Bonchev–Trinajstić information content (AvgIpc) is 2.35. The monoisotopic (exact) mass is 235 g/mol. The first-order valence-corrected chi connectivity index (χ1v) is 6.05. The quantitative estimate of drug-likeness (QED) is 0.750. The molecule has 3 heterocycles. The zero-order valence-corrected chi connectivity index (χ0v) is 9.72. The molecule has 0 bridgehead atoms. The van der Waals surface area contributed by atoms with Gasteiger partial charge < -0.3 is 20.3 Å². The number of nitrogens with one attached hydrogen (secondary N) is 2. The van der Waals surface area contributed by atoms with Crippen LogP contribution in [0.3, 0.4) is 0 Å². The molecule has 2 aliphatic heterocycles. The van der Waals surface area contributed by atoms with Gasteiger partial charge in [0.1, 0.15) is 5.82 Å². The Morgan fingerprint density at radius 3 is 2.88 bits per heavy atom. The Bertz CT molecular complexity index is 376. The van der Waals surface area contributed by atoms with Crippen LogP contribution in [-0.4, -0.2) is 55.4 Å². The first-order chi connectivity index (χ1) is 8.42. The second-order valence-corrected chi connectivity index (χ2v) is 4.34. The van der Waals surface area contributed by atoms with Gasteiger partial charge >= 0.3 is 0 Å². The Morgan fingerprint density at radius 2 is 2.18 bits per heavy atom. The van der Waals surface area contributed by atoms with Gasteiger partial charge in [-0.15, -0.1) is 0 Å². The van der Waals surface area contributed by atoms with Gasteiger partial charge in [0.15, 0.2) is 0 Å². The van der Waals surface area contributed by atoms with Crippen molar-refractivity contribution >= 4 is 11.8 Å². The summed E-state index contributed by atoms with van der Waals surface area (Å²) in [5.74, 6) is 1.71. The van der Waals surface area contributed by atoms with E-state index >= 15 is 0 Å². The van der Waals surface area contributed by atoms with E-state index in [1.807, 2.05) is 12.3 Å². The lowest BCUT2D eigenvalue weighted by Gasteiger charge is -2.30. The largest absolute Gasteiger partial charge is 0.378 e. The molecule has 2 saturated heterocycles. The highest BCUT2D eigenvalue weighted by molar-refractivity contribution is 5.42. The number of nitrogens with zero attached hydrogens (tertiary/aromatic N) is 3. The van der Waals surface area contributed by atoms with E-state index in [0.717, 1.165) is 51.2 Å². The highest BCUT2D eigenvalue weighted by Crippen LogP contribution is 2.13. The lowest BCUT2D eigenvalue weighted by Crippen LogP contribution is -2.51. The maximum atomic E-state index is 5.32. The van der Waals surface area contributed by atoms with Gasteiger partial charge in [-0.1, -0.05) is 0 Å². The Morgan fingerprint density at radius 1 is 1.35 bits per heavy atom. The molecule has 0 aromatic carbocycles. The molecule has 1 aromatic rings. The normalized spacial score (nSPS) is 21.1. The lowest BCUT2D eigenvalue weighted by atomic mass is 10.2. The summed E-state index contributed by atoms with van der Waals surface area (Å²) in [6, 6.07) is 2.42. The fourth-order valence-corrected chi connectivity index (χ4v) is 1.94. The van der Waals surface area contributed by atoms with Crippen molar-refractivity contribution in [3.05, 3.63) is 12.3 Å². The van der Waals surface area contributed by atoms with E-state index < -0.39 is 0 Å². The number of aromatic nitrogens is 2. The molecular formula is C11H17N5O. The molecule has 2 N–H and O–H groups in total. The van der Waals surface area contributed by atoms with E-state index in [0.29, 0.717) is 6.04 Å². The van der Waals surface area contributed by atoms with Gasteiger partial charge in [-0.25, -0.2) is 4.98 Å². The zero-order chi connectivity index (χ0) is 11.5. The SMILES string of the molecule is c1cc(NC2CNC2)nc(N2CCOCC2)n1. The molecule has 6 heteroatoms. The molecule has 3 rings (SSSR count). The molecular weight excluding hydrogens is 218 g/mol. The third-order valence-electron chi connectivity index (χ3n) is 3.07. The highest BCUT2D eigenvalue weighted by Gasteiger charge is 2.18. The molecule has 0 spiro atoms. The Kier molecular flexibility index (Phi) is 3.06. The first kappa shape index (κ1) is 10.7. The van der Waals surface area contributed by atoms with Crippen LogP contribution in [-0.2, 0) is 4.74 Å². The number of ether oxygens (including phenoxy) is 1. The van der Waals surface area contributed by atoms with Crippen LogP contribution >= 0.6 is 0 Å². The maximum Gasteiger partial charge on any atom is 0.227 e. The smallest absolute Gasteiger partial charge is 0.227 e. The molecule has 0 saturated carbocycles. The average molecular weight is 235 g/mol. The molecule has 1 aromatic heterocycles. The van der Waals surface area contributed by atoms with Crippen molar-refractivity contribution < 1.29 is 4.74 Å². The number of anilines is 2. The third kappa shape index (κ3) is 2.48. The van der Waals surface area contributed by atoms with Crippen molar-refractivity contribution in [1.29, 1.82) is 0 Å². The van der Waals surface area contributed by atoms with Crippen LogP contribution in [0, 0.1) is 0 Å². The molecule has 0 unspecified atom stereocenters. The molecule has 0 amide bonds. The number of morpholine rings is 1. The number of hydrogen-bond donors (Lipinski definition) is 2. The van der Waals surface area contributed by atoms with Crippen molar-refractivity contribution in [3.63, 3.8) is 0 Å². The van der Waals surface area contributed by atoms with Crippen molar-refractivity contribution in [2.45, 2.75) is 6.04 Å². The molecule has 6 nitrogen and oxygen atoms in total. The van der Waals surface area contributed by atoms with Gasteiger partial charge in [-0.2, -0.15) is 4.98 Å². The fourth-order valence-electron chi connectivity index (χ4n) is 1.94. The van der Waals surface area contributed by atoms with Crippen molar-refractivity contribution in [2.24, 2.45) is 0 Å². The fraction of sp³-hybridized carbons (Fsp3) is 0.636. The van der Waals surface area contributed by atoms with E-state index in [1.165, 1.54) is 0 Å². The van der Waals surface area contributed by atoms with Crippen molar-refractivity contribution in [3.8, 4) is 0 Å². The molecule has 0 radical (unpaired) electrons. The van der Waals surface area contributed by atoms with Crippen LogP contribution < -0.4 is 15.5 Å². The van der Waals surface area contributed by atoms with Crippen LogP contribution in [0.5, 0.6) is 0 Å². The topological polar surface area (TPSA) is 62.3 Å². The van der Waals surface area contributed by atoms with Crippen LogP contribution in [0.2, 0.25) is 0 Å². The molecule has 0 aliphatic carbocycles. The standard InChI is InChI=1S/C11H17N5O/c1-2-13-11(16-3-5-17-6-4-16)15-10(1)14-9-7-12-8-9/h1-2,9,12H,3-8H2,(H,13,14,15). The summed E-state index contributed by atoms with van der Waals surface area (Å²) in [6.45, 7) is 5.28. The zero-order valence-electron chi connectivity index (χ0n) is 9.72. The molecule has 2 fully saturated rings. The summed E-state index contributed by atoms with van der Waals surface area (Å²) in [5.41, 5.74) is 0. The Balaban J connectivity index is 1.68. The van der Waals surface area contributed by atoms with Gasteiger partial charge in [0, 0.05) is 32.4 Å². The maximum absolute atomic E-state index is 5.32. The second kappa shape index (κ2) is 4.85. The van der Waals surface area contributed by atoms with Gasteiger partial charge in [0.25, 0.3) is 0 Å². The van der Waals surface area contributed by atoms with Gasteiger partial charge in [0.05, 0.1) is 19.3 Å². The summed E-state index contributed by atoms with van der Waals surface area (Å²) in [6.07, 6.45) is 1.81. The van der Waals surface area contributed by atoms with Crippen LogP contribution in [0.1, 0.15) is 0 Å². The van der Waals surface area contributed by atoms with Gasteiger partial charge in [0.2, 0.25) is 5.95 Å². The van der Waals surface area contributed by atoms with E-state index in [-0.39, 0.29) is 0 Å². The van der Waals surface area contributed by atoms with Gasteiger partial charge in [-0.3, -0.25) is 0 Å². The molecule has 17 heavy (non-hydrogen) atoms. The van der Waals surface area contributed by atoms with E-state index in [1.54, 1.807) is 0 Å². The predicted octanol–water partition coefficient (Wildman–Crippen LogP) is -0.303. The first-order valence-electron chi connectivity index (χ1n) is 6.05. The highest BCUT2D eigenvalue weighted by atomic mass is 16.5. The van der Waals surface area contributed by atoms with Gasteiger partial charge in [-0.05, 0) is 6.07 Å². The minimum atomic E-state index is 0.502. The van der Waals surface area contributed by atoms with Crippen LogP contribution in [0.4, 0.5) is 11.8 Å². The summed E-state index contributed by atoms with van der Waals surface area (Å²) in [7, 11) is 0. The minimum absolute atomic E-state index is 0.502. The minimum Gasteiger partial charge on any atom is -0.378 e. The third-order valence-corrected chi connectivity index (χ3v) is 3.07. The predicted molar refractivity (Wildman–Crippen MR) is 65.3 cm³/mol. The van der Waals surface area contributed by atoms with Crippen molar-refractivity contribution in [1.82, 2.24) is 15.3 Å².